The van der Waals surface area contributed by atoms with Gasteiger partial charge >= 0.3 is 12.2 Å². The van der Waals surface area contributed by atoms with E-state index in [9.17, 15) is 18.0 Å². The number of aromatic nitrogens is 2. The number of carbonyl (C=O) groups is 1. The van der Waals surface area contributed by atoms with Crippen molar-refractivity contribution in [1.82, 2.24) is 15.3 Å². The summed E-state index contributed by atoms with van der Waals surface area (Å²) in [7, 11) is 0. The van der Waals surface area contributed by atoms with Crippen molar-refractivity contribution in [3.8, 4) is 0 Å². The van der Waals surface area contributed by atoms with Crippen LogP contribution in [0, 0.1) is 6.92 Å². The molecule has 1 aliphatic rings. The molecule has 0 unspecified atom stereocenters. The predicted octanol–water partition coefficient (Wildman–Crippen LogP) is 4.75. The zero-order chi connectivity index (χ0) is 22.0. The number of alkyl halides is 3. The van der Waals surface area contributed by atoms with E-state index < -0.39 is 11.7 Å². The number of benzene rings is 1. The molecule has 3 heterocycles. The zero-order valence-electron chi connectivity index (χ0n) is 16.9. The first-order valence-corrected chi connectivity index (χ1v) is 10.0. The van der Waals surface area contributed by atoms with Gasteiger partial charge in [-0.3, -0.25) is 4.98 Å². The lowest BCUT2D eigenvalue weighted by Gasteiger charge is -2.34. The lowest BCUT2D eigenvalue weighted by molar-refractivity contribution is -0.137. The van der Waals surface area contributed by atoms with Crippen LogP contribution in [-0.2, 0) is 6.18 Å². The van der Waals surface area contributed by atoms with Crippen molar-refractivity contribution in [2.24, 2.45) is 0 Å². The van der Waals surface area contributed by atoms with Gasteiger partial charge in [0.05, 0.1) is 11.3 Å². The summed E-state index contributed by atoms with van der Waals surface area (Å²) in [5.41, 5.74) is 0.822. The molecule has 0 spiro atoms. The minimum atomic E-state index is -4.45. The molecule has 1 saturated heterocycles. The number of anilines is 2. The molecule has 4 rings (SSSR count). The zero-order valence-corrected chi connectivity index (χ0v) is 16.9. The lowest BCUT2D eigenvalue weighted by Crippen LogP contribution is -2.46. The molecule has 3 aromatic rings. The number of hydrogen-bond acceptors (Lipinski definition) is 4. The molecule has 0 atom stereocenters. The van der Waals surface area contributed by atoms with Gasteiger partial charge in [0, 0.05) is 48.0 Å². The lowest BCUT2D eigenvalue weighted by atomic mass is 10.0. The number of carbonyl (C=O) groups excluding carboxylic acids is 1. The van der Waals surface area contributed by atoms with Crippen LogP contribution in [0.3, 0.4) is 0 Å². The molecule has 2 amide bonds. The van der Waals surface area contributed by atoms with E-state index in [2.05, 4.69) is 20.6 Å². The molecule has 31 heavy (non-hydrogen) atoms. The second-order valence-electron chi connectivity index (χ2n) is 7.53. The molecule has 0 saturated carbocycles. The first-order chi connectivity index (χ1) is 14.8. The highest BCUT2D eigenvalue weighted by molar-refractivity contribution is 6.02. The first kappa shape index (κ1) is 20.9. The maximum atomic E-state index is 13.3. The quantitative estimate of drug-likeness (QED) is 0.631. The van der Waals surface area contributed by atoms with Gasteiger partial charge in [-0.05, 0) is 44.0 Å². The van der Waals surface area contributed by atoms with E-state index in [0.717, 1.165) is 22.5 Å². The van der Waals surface area contributed by atoms with Gasteiger partial charge in [-0.1, -0.05) is 12.1 Å². The second kappa shape index (κ2) is 8.41. The molecule has 0 aliphatic carbocycles. The van der Waals surface area contributed by atoms with Crippen molar-refractivity contribution >= 4 is 28.3 Å². The van der Waals surface area contributed by atoms with Gasteiger partial charge in [-0.2, -0.15) is 13.2 Å². The Morgan fingerprint density at radius 1 is 1.03 bits per heavy atom. The van der Waals surface area contributed by atoms with Crippen molar-refractivity contribution in [2.75, 3.05) is 23.3 Å². The highest BCUT2D eigenvalue weighted by Crippen LogP contribution is 2.36. The Bertz CT molecular complexity index is 1090. The number of nitrogens with zero attached hydrogens (tertiary/aromatic N) is 3. The van der Waals surface area contributed by atoms with Gasteiger partial charge < -0.3 is 15.5 Å². The van der Waals surface area contributed by atoms with Gasteiger partial charge in [-0.15, -0.1) is 0 Å². The highest BCUT2D eigenvalue weighted by atomic mass is 19.4. The second-order valence-corrected chi connectivity index (χ2v) is 7.53. The fourth-order valence-corrected chi connectivity index (χ4v) is 3.91. The topological polar surface area (TPSA) is 70.2 Å². The van der Waals surface area contributed by atoms with E-state index in [4.69, 9.17) is 0 Å². The summed E-state index contributed by atoms with van der Waals surface area (Å²) in [6, 6.07) is 9.34. The Morgan fingerprint density at radius 2 is 1.81 bits per heavy atom. The van der Waals surface area contributed by atoms with E-state index in [1.54, 1.807) is 11.1 Å². The fourth-order valence-electron chi connectivity index (χ4n) is 3.91. The van der Waals surface area contributed by atoms with Crippen LogP contribution in [0.4, 0.5) is 29.5 Å². The van der Waals surface area contributed by atoms with Crippen LogP contribution < -0.4 is 15.5 Å². The molecule has 162 valence electrons. The summed E-state index contributed by atoms with van der Waals surface area (Å²) in [6.45, 7) is 2.67. The number of piperidine rings is 1. The highest BCUT2D eigenvalue weighted by Gasteiger charge is 2.36. The molecule has 1 aromatic carbocycles. The third kappa shape index (κ3) is 4.55. The van der Waals surface area contributed by atoms with Gasteiger partial charge in [0.25, 0.3) is 0 Å². The Hall–Kier alpha value is -3.36. The molecular formula is C22H22F3N5O. The van der Waals surface area contributed by atoms with Crippen molar-refractivity contribution in [3.63, 3.8) is 0 Å². The van der Waals surface area contributed by atoms with E-state index >= 15 is 0 Å². The Labute approximate surface area is 177 Å². The summed E-state index contributed by atoms with van der Waals surface area (Å²) >= 11 is 0. The summed E-state index contributed by atoms with van der Waals surface area (Å²) < 4.78 is 39.8. The molecule has 2 aromatic heterocycles. The molecule has 6 nitrogen and oxygen atoms in total. The monoisotopic (exact) mass is 429 g/mol. The number of halogens is 3. The Balaban J connectivity index is 1.38. The molecule has 0 radical (unpaired) electrons. The molecular weight excluding hydrogens is 407 g/mol. The normalized spacial score (nSPS) is 15.2. The first-order valence-electron chi connectivity index (χ1n) is 10.0. The summed E-state index contributed by atoms with van der Waals surface area (Å²) in [5.74, 6) is -0.0577. The van der Waals surface area contributed by atoms with E-state index in [-0.39, 0.29) is 17.9 Å². The predicted molar refractivity (Wildman–Crippen MR) is 113 cm³/mol. The number of amides is 2. The van der Waals surface area contributed by atoms with Crippen molar-refractivity contribution in [3.05, 3.63) is 60.0 Å². The van der Waals surface area contributed by atoms with Crippen LogP contribution in [-0.4, -0.2) is 35.1 Å². The summed E-state index contributed by atoms with van der Waals surface area (Å²) in [4.78, 5) is 22.4. The molecule has 9 heteroatoms. The van der Waals surface area contributed by atoms with Gasteiger partial charge in [0.2, 0.25) is 0 Å². The largest absolute Gasteiger partial charge is 0.419 e. The van der Waals surface area contributed by atoms with Crippen molar-refractivity contribution in [1.29, 1.82) is 0 Å². The van der Waals surface area contributed by atoms with E-state index in [1.807, 2.05) is 31.2 Å². The number of hydrogen-bond donors (Lipinski definition) is 2. The third-order valence-corrected chi connectivity index (χ3v) is 5.48. The standard InChI is InChI=1S/C22H22F3N5O/c1-14-16-4-2-6-19(17(16)7-11-26-14)29-21(31)28-15-8-12-30(13-9-15)20-18(22(23,24)25)5-3-10-27-20/h2-7,10-11,15H,8-9,12-13H2,1H3,(H2,28,29,31). The summed E-state index contributed by atoms with van der Waals surface area (Å²) in [5, 5.41) is 7.67. The third-order valence-electron chi connectivity index (χ3n) is 5.48. The number of aryl methyl sites for hydroxylation is 1. The minimum absolute atomic E-state index is 0.0577. The smallest absolute Gasteiger partial charge is 0.356 e. The van der Waals surface area contributed by atoms with Crippen LogP contribution in [0.2, 0.25) is 0 Å². The summed E-state index contributed by atoms with van der Waals surface area (Å²) in [6.07, 6.45) is -0.336. The number of fused-ring (bicyclic) bond motifs is 1. The van der Waals surface area contributed by atoms with Crippen LogP contribution in [0.5, 0.6) is 0 Å². The molecule has 0 bridgehead atoms. The fraction of sp³-hybridized carbons (Fsp3) is 0.318. The average molecular weight is 429 g/mol. The number of pyridine rings is 2. The van der Waals surface area contributed by atoms with E-state index in [0.29, 0.717) is 31.6 Å². The number of urea groups is 1. The van der Waals surface area contributed by atoms with Crippen LogP contribution in [0.15, 0.2) is 48.8 Å². The maximum absolute atomic E-state index is 13.3. The Morgan fingerprint density at radius 3 is 2.55 bits per heavy atom. The Kier molecular flexibility index (Phi) is 5.67. The maximum Gasteiger partial charge on any atom is 0.419 e. The van der Waals surface area contributed by atoms with Gasteiger partial charge in [-0.25, -0.2) is 9.78 Å². The van der Waals surface area contributed by atoms with E-state index in [1.165, 1.54) is 12.3 Å². The van der Waals surface area contributed by atoms with Crippen LogP contribution in [0.25, 0.3) is 10.8 Å². The number of rotatable bonds is 3. The van der Waals surface area contributed by atoms with Crippen LogP contribution >= 0.6 is 0 Å². The molecule has 1 aliphatic heterocycles. The number of nitrogens with one attached hydrogen (secondary N) is 2. The van der Waals surface area contributed by atoms with Gasteiger partial charge in [0.1, 0.15) is 5.82 Å². The van der Waals surface area contributed by atoms with Gasteiger partial charge in [0.15, 0.2) is 0 Å². The van der Waals surface area contributed by atoms with Crippen LogP contribution in [0.1, 0.15) is 24.1 Å². The molecule has 2 N–H and O–H groups in total. The SMILES string of the molecule is Cc1nccc2c(NC(=O)NC3CCN(c4ncccc4C(F)(F)F)CC3)cccc12. The molecule has 1 fully saturated rings. The average Bonchev–Trinajstić information content (AvgIpc) is 2.74. The minimum Gasteiger partial charge on any atom is -0.356 e. The van der Waals surface area contributed by atoms with Crippen molar-refractivity contribution < 1.29 is 18.0 Å². The van der Waals surface area contributed by atoms with Crippen molar-refractivity contribution in [2.45, 2.75) is 32.0 Å².